The highest BCUT2D eigenvalue weighted by Crippen LogP contribution is 2.33. The molecule has 6 nitrogen and oxygen atoms in total. The Labute approximate surface area is 178 Å². The number of hydrogen-bond donors (Lipinski definition) is 1. The molecule has 2 amide bonds. The minimum Gasteiger partial charge on any atom is -0.410 e. The minimum atomic E-state index is -0.363. The molecule has 29 heavy (non-hydrogen) atoms. The highest BCUT2D eigenvalue weighted by atomic mass is 35.5. The van der Waals surface area contributed by atoms with Crippen molar-refractivity contribution in [3.05, 3.63) is 29.3 Å². The average Bonchev–Trinajstić information content (AvgIpc) is 2.72. The van der Waals surface area contributed by atoms with Crippen molar-refractivity contribution in [2.75, 3.05) is 33.8 Å². The fraction of sp³-hybridized carbons (Fsp3) is 0.636. The molecule has 1 saturated carbocycles. The van der Waals surface area contributed by atoms with Gasteiger partial charge in [0.2, 0.25) is 5.91 Å². The number of rotatable bonds is 9. The third kappa shape index (κ3) is 8.23. The van der Waals surface area contributed by atoms with Gasteiger partial charge in [-0.25, -0.2) is 4.79 Å². The van der Waals surface area contributed by atoms with E-state index in [0.717, 1.165) is 32.1 Å². The second-order valence-corrected chi connectivity index (χ2v) is 8.45. The SMILES string of the molecule is CN(CCCO)C(=O)CC1CCC(CCN(C)C(=O)Oc2ccc(Cl)cc2)CC1. The lowest BCUT2D eigenvalue weighted by atomic mass is 9.79. The quantitative estimate of drug-likeness (QED) is 0.645. The summed E-state index contributed by atoms with van der Waals surface area (Å²) in [6.45, 7) is 1.39. The summed E-state index contributed by atoms with van der Waals surface area (Å²) in [6.07, 6.45) is 6.12. The van der Waals surface area contributed by atoms with Crippen molar-refractivity contribution < 1.29 is 19.4 Å². The maximum Gasteiger partial charge on any atom is 0.414 e. The molecule has 1 aliphatic carbocycles. The molecule has 2 rings (SSSR count). The van der Waals surface area contributed by atoms with Gasteiger partial charge in [0.1, 0.15) is 5.75 Å². The monoisotopic (exact) mass is 424 g/mol. The predicted molar refractivity (Wildman–Crippen MR) is 114 cm³/mol. The van der Waals surface area contributed by atoms with Crippen molar-refractivity contribution in [3.63, 3.8) is 0 Å². The number of halogens is 1. The zero-order chi connectivity index (χ0) is 21.2. The van der Waals surface area contributed by atoms with Gasteiger partial charge in [-0.3, -0.25) is 4.79 Å². The van der Waals surface area contributed by atoms with Gasteiger partial charge in [0.05, 0.1) is 0 Å². The second kappa shape index (κ2) is 12.0. The number of benzene rings is 1. The standard InChI is InChI=1S/C22H33ClN2O4/c1-24(13-3-15-26)21(27)16-18-6-4-17(5-7-18)12-14-25(2)22(28)29-20-10-8-19(23)9-11-20/h8-11,17-18,26H,3-7,12-16H2,1-2H3. The zero-order valence-electron chi connectivity index (χ0n) is 17.5. The molecule has 7 heteroatoms. The van der Waals surface area contributed by atoms with Crippen LogP contribution in [0.2, 0.25) is 5.02 Å². The van der Waals surface area contributed by atoms with Crippen molar-refractivity contribution in [2.45, 2.75) is 44.9 Å². The normalized spacial score (nSPS) is 18.9. The highest BCUT2D eigenvalue weighted by molar-refractivity contribution is 6.30. The van der Waals surface area contributed by atoms with Gasteiger partial charge in [0.15, 0.2) is 0 Å². The molecule has 0 bridgehead atoms. The Hall–Kier alpha value is -1.79. The van der Waals surface area contributed by atoms with Crippen molar-refractivity contribution in [3.8, 4) is 5.75 Å². The van der Waals surface area contributed by atoms with Crippen LogP contribution in [0.15, 0.2) is 24.3 Å². The molecule has 0 radical (unpaired) electrons. The van der Waals surface area contributed by atoms with Gasteiger partial charge in [-0.05, 0) is 61.8 Å². The lowest BCUT2D eigenvalue weighted by Crippen LogP contribution is -2.33. The van der Waals surface area contributed by atoms with Crippen molar-refractivity contribution in [1.82, 2.24) is 9.80 Å². The topological polar surface area (TPSA) is 70.1 Å². The Morgan fingerprint density at radius 3 is 2.28 bits per heavy atom. The largest absolute Gasteiger partial charge is 0.414 e. The average molecular weight is 425 g/mol. The molecule has 1 fully saturated rings. The van der Waals surface area contributed by atoms with Gasteiger partial charge >= 0.3 is 6.09 Å². The van der Waals surface area contributed by atoms with E-state index in [2.05, 4.69) is 0 Å². The molecule has 162 valence electrons. The number of hydrogen-bond acceptors (Lipinski definition) is 4. The molecular weight excluding hydrogens is 392 g/mol. The van der Waals surface area contributed by atoms with E-state index >= 15 is 0 Å². The van der Waals surface area contributed by atoms with Gasteiger partial charge in [-0.15, -0.1) is 0 Å². The van der Waals surface area contributed by atoms with E-state index in [9.17, 15) is 9.59 Å². The Morgan fingerprint density at radius 1 is 1.03 bits per heavy atom. The van der Waals surface area contributed by atoms with Crippen LogP contribution in [0.1, 0.15) is 44.9 Å². The fourth-order valence-electron chi connectivity index (χ4n) is 3.71. The molecule has 0 atom stereocenters. The molecule has 0 spiro atoms. The number of aliphatic hydroxyl groups is 1. The van der Waals surface area contributed by atoms with E-state index in [0.29, 0.717) is 48.5 Å². The maximum atomic E-state index is 12.2. The van der Waals surface area contributed by atoms with Gasteiger partial charge in [-0.1, -0.05) is 24.4 Å². The summed E-state index contributed by atoms with van der Waals surface area (Å²) < 4.78 is 5.35. The highest BCUT2D eigenvalue weighted by Gasteiger charge is 2.25. The van der Waals surface area contributed by atoms with E-state index in [1.54, 1.807) is 41.1 Å². The van der Waals surface area contributed by atoms with Gasteiger partial charge < -0.3 is 19.6 Å². The van der Waals surface area contributed by atoms with Crippen LogP contribution in [-0.2, 0) is 4.79 Å². The van der Waals surface area contributed by atoms with Gasteiger partial charge in [-0.2, -0.15) is 0 Å². The fourth-order valence-corrected chi connectivity index (χ4v) is 3.83. The van der Waals surface area contributed by atoms with Crippen LogP contribution in [0.25, 0.3) is 0 Å². The van der Waals surface area contributed by atoms with E-state index in [-0.39, 0.29) is 18.6 Å². The van der Waals surface area contributed by atoms with Gasteiger partial charge in [0, 0.05) is 45.2 Å². The van der Waals surface area contributed by atoms with Crippen LogP contribution in [0.4, 0.5) is 4.79 Å². The summed E-state index contributed by atoms with van der Waals surface area (Å²) in [5, 5.41) is 9.48. The number of aliphatic hydroxyl groups excluding tert-OH is 1. The number of nitrogens with zero attached hydrogens (tertiary/aromatic N) is 2. The Kier molecular flexibility index (Phi) is 9.74. The van der Waals surface area contributed by atoms with Crippen LogP contribution in [-0.4, -0.2) is 60.7 Å². The molecular formula is C22H33ClN2O4. The lowest BCUT2D eigenvalue weighted by Gasteiger charge is -2.30. The summed E-state index contributed by atoms with van der Waals surface area (Å²) in [7, 11) is 3.56. The summed E-state index contributed by atoms with van der Waals surface area (Å²) in [6, 6.07) is 6.74. The first-order chi connectivity index (χ1) is 13.9. The summed E-state index contributed by atoms with van der Waals surface area (Å²) in [5.74, 6) is 1.69. The maximum absolute atomic E-state index is 12.2. The first-order valence-electron chi connectivity index (χ1n) is 10.4. The summed E-state index contributed by atoms with van der Waals surface area (Å²) in [5.41, 5.74) is 0. The molecule has 0 unspecified atom stereocenters. The Balaban J connectivity index is 1.65. The van der Waals surface area contributed by atoms with Crippen LogP contribution in [0, 0.1) is 11.8 Å². The van der Waals surface area contributed by atoms with Crippen LogP contribution in [0.3, 0.4) is 0 Å². The summed E-state index contributed by atoms with van der Waals surface area (Å²) >= 11 is 5.84. The molecule has 0 heterocycles. The number of carbonyl (C=O) groups is 2. The Bertz CT molecular complexity index is 645. The van der Waals surface area contributed by atoms with E-state index in [1.807, 2.05) is 7.05 Å². The second-order valence-electron chi connectivity index (χ2n) is 8.02. The van der Waals surface area contributed by atoms with Crippen molar-refractivity contribution in [1.29, 1.82) is 0 Å². The third-order valence-electron chi connectivity index (χ3n) is 5.71. The van der Waals surface area contributed by atoms with E-state index in [4.69, 9.17) is 21.4 Å². The van der Waals surface area contributed by atoms with Crippen molar-refractivity contribution >= 4 is 23.6 Å². The number of ether oxygens (including phenoxy) is 1. The first kappa shape index (κ1) is 23.5. The number of amides is 2. The van der Waals surface area contributed by atoms with Crippen LogP contribution in [0.5, 0.6) is 5.75 Å². The van der Waals surface area contributed by atoms with E-state index < -0.39 is 0 Å². The molecule has 1 aliphatic rings. The van der Waals surface area contributed by atoms with E-state index in [1.165, 1.54) is 0 Å². The smallest absolute Gasteiger partial charge is 0.410 e. The molecule has 0 aromatic heterocycles. The minimum absolute atomic E-state index is 0.115. The molecule has 0 aliphatic heterocycles. The summed E-state index contributed by atoms with van der Waals surface area (Å²) in [4.78, 5) is 27.8. The molecule has 0 saturated heterocycles. The van der Waals surface area contributed by atoms with Crippen LogP contribution < -0.4 is 4.74 Å². The number of carbonyl (C=O) groups excluding carboxylic acids is 2. The van der Waals surface area contributed by atoms with Crippen LogP contribution >= 0.6 is 11.6 Å². The molecule has 1 aromatic rings. The Morgan fingerprint density at radius 2 is 1.66 bits per heavy atom. The molecule has 1 N–H and O–H groups in total. The van der Waals surface area contributed by atoms with Crippen molar-refractivity contribution in [2.24, 2.45) is 11.8 Å². The third-order valence-corrected chi connectivity index (χ3v) is 5.96. The lowest BCUT2D eigenvalue weighted by molar-refractivity contribution is -0.131. The predicted octanol–water partition coefficient (Wildman–Crippen LogP) is 4.20. The first-order valence-corrected chi connectivity index (χ1v) is 10.8. The molecule has 1 aromatic carbocycles. The zero-order valence-corrected chi connectivity index (χ0v) is 18.2. The van der Waals surface area contributed by atoms with Gasteiger partial charge in [0.25, 0.3) is 0 Å².